The molecular formula is C38H44N6O2. The molecule has 4 aromatic carbocycles. The third-order valence-electron chi connectivity index (χ3n) is 8.48. The molecule has 2 aromatic heterocycles. The molecule has 8 nitrogen and oxygen atoms in total. The van der Waals surface area contributed by atoms with E-state index in [1.807, 2.05) is 36.4 Å². The monoisotopic (exact) mass is 616 g/mol. The van der Waals surface area contributed by atoms with E-state index >= 15 is 0 Å². The fourth-order valence-corrected chi connectivity index (χ4v) is 5.88. The molecule has 46 heavy (non-hydrogen) atoms. The van der Waals surface area contributed by atoms with Crippen molar-refractivity contribution in [1.82, 2.24) is 19.9 Å². The summed E-state index contributed by atoms with van der Waals surface area (Å²) in [4.78, 5) is 21.3. The molecule has 0 unspecified atom stereocenters. The van der Waals surface area contributed by atoms with Gasteiger partial charge in [-0.1, -0.05) is 24.3 Å². The van der Waals surface area contributed by atoms with Crippen LogP contribution in [0.1, 0.15) is 40.5 Å². The number of imidazole rings is 2. The Kier molecular flexibility index (Phi) is 9.72. The number of benzene rings is 4. The molecule has 0 amide bonds. The van der Waals surface area contributed by atoms with Crippen molar-refractivity contribution in [3.05, 3.63) is 84.9 Å². The van der Waals surface area contributed by atoms with Crippen molar-refractivity contribution >= 4 is 33.4 Å². The number of ether oxygens (including phenoxy) is 2. The summed E-state index contributed by atoms with van der Waals surface area (Å²) in [7, 11) is 0. The van der Waals surface area contributed by atoms with Crippen LogP contribution in [0, 0.1) is 0 Å². The summed E-state index contributed by atoms with van der Waals surface area (Å²) in [6.07, 6.45) is 1.78. The molecular weight excluding hydrogens is 572 g/mol. The lowest BCUT2D eigenvalue weighted by Gasteiger charge is -2.20. The average molecular weight is 617 g/mol. The molecule has 0 aliphatic rings. The Hall–Kier alpha value is -4.98. The molecule has 2 N–H and O–H groups in total. The van der Waals surface area contributed by atoms with Gasteiger partial charge in [0.05, 0.1) is 35.3 Å². The second kappa shape index (κ2) is 14.4. The third-order valence-corrected chi connectivity index (χ3v) is 8.48. The number of rotatable bonds is 15. The van der Waals surface area contributed by atoms with Gasteiger partial charge in [-0.3, -0.25) is 0 Å². The van der Waals surface area contributed by atoms with E-state index in [1.165, 1.54) is 11.4 Å². The minimum Gasteiger partial charge on any atom is -0.494 e. The number of hydrogen-bond acceptors (Lipinski definition) is 6. The summed E-state index contributed by atoms with van der Waals surface area (Å²) in [6, 6.07) is 29.1. The number of unbranched alkanes of at least 4 members (excludes halogenated alkanes) is 1. The molecule has 0 aliphatic heterocycles. The van der Waals surface area contributed by atoms with E-state index in [9.17, 15) is 0 Å². The number of anilines is 2. The Bertz CT molecular complexity index is 1750. The predicted molar refractivity (Wildman–Crippen MR) is 190 cm³/mol. The molecule has 6 rings (SSSR count). The van der Waals surface area contributed by atoms with Gasteiger partial charge in [-0.2, -0.15) is 0 Å². The molecule has 0 bridgehead atoms. The van der Waals surface area contributed by atoms with Gasteiger partial charge in [-0.05, 0) is 101 Å². The lowest BCUT2D eigenvalue weighted by Crippen LogP contribution is -2.21. The van der Waals surface area contributed by atoms with E-state index < -0.39 is 0 Å². The van der Waals surface area contributed by atoms with Gasteiger partial charge < -0.3 is 29.2 Å². The maximum atomic E-state index is 6.10. The van der Waals surface area contributed by atoms with Crippen LogP contribution in [0.25, 0.3) is 44.8 Å². The highest BCUT2D eigenvalue weighted by Gasteiger charge is 2.11. The second-order valence-electron chi connectivity index (χ2n) is 11.4. The molecule has 0 aliphatic carbocycles. The summed E-state index contributed by atoms with van der Waals surface area (Å²) < 4.78 is 12.2. The molecule has 238 valence electrons. The molecule has 2 heterocycles. The van der Waals surface area contributed by atoms with Crippen molar-refractivity contribution in [3.8, 4) is 34.3 Å². The number of nitrogens with zero attached hydrogens (tertiary/aromatic N) is 4. The van der Waals surface area contributed by atoms with Crippen molar-refractivity contribution < 1.29 is 9.47 Å². The number of nitrogens with one attached hydrogen (secondary N) is 2. The van der Waals surface area contributed by atoms with Gasteiger partial charge in [-0.15, -0.1) is 0 Å². The van der Waals surface area contributed by atoms with Gasteiger partial charge >= 0.3 is 0 Å². The number of fused-ring (bicyclic) bond motifs is 2. The van der Waals surface area contributed by atoms with Gasteiger partial charge in [0.2, 0.25) is 0 Å². The Labute approximate surface area is 271 Å². The highest BCUT2D eigenvalue weighted by Crippen LogP contribution is 2.28. The number of hydrogen-bond donors (Lipinski definition) is 2. The number of H-pyrrole nitrogens is 2. The van der Waals surface area contributed by atoms with E-state index in [2.05, 4.69) is 96.0 Å². The minimum absolute atomic E-state index is 0.620. The zero-order chi connectivity index (χ0) is 31.9. The summed E-state index contributed by atoms with van der Waals surface area (Å²) >= 11 is 0. The zero-order valence-corrected chi connectivity index (χ0v) is 27.3. The molecule has 0 saturated heterocycles. The lowest BCUT2D eigenvalue weighted by atomic mass is 10.2. The molecule has 0 fully saturated rings. The quantitative estimate of drug-likeness (QED) is 0.112. The fraction of sp³-hybridized carbons (Fsp3) is 0.316. The van der Waals surface area contributed by atoms with Crippen molar-refractivity contribution in [2.24, 2.45) is 0 Å². The maximum absolute atomic E-state index is 6.10. The van der Waals surface area contributed by atoms with E-state index in [-0.39, 0.29) is 0 Å². The van der Waals surface area contributed by atoms with Crippen molar-refractivity contribution in [2.45, 2.75) is 40.5 Å². The van der Waals surface area contributed by atoms with Crippen LogP contribution >= 0.6 is 0 Å². The van der Waals surface area contributed by atoms with Crippen LogP contribution in [0.15, 0.2) is 84.9 Å². The van der Waals surface area contributed by atoms with Crippen LogP contribution in [-0.4, -0.2) is 59.3 Å². The molecule has 6 aromatic rings. The maximum Gasteiger partial charge on any atom is 0.138 e. The largest absolute Gasteiger partial charge is 0.494 e. The summed E-state index contributed by atoms with van der Waals surface area (Å²) in [5.74, 6) is 3.37. The Morgan fingerprint density at radius 3 is 1.39 bits per heavy atom. The topological polar surface area (TPSA) is 82.3 Å². The zero-order valence-electron chi connectivity index (χ0n) is 27.3. The normalized spacial score (nSPS) is 11.3. The van der Waals surface area contributed by atoms with Gasteiger partial charge in [0.15, 0.2) is 0 Å². The third kappa shape index (κ3) is 6.96. The molecule has 0 atom stereocenters. The minimum atomic E-state index is 0.620. The van der Waals surface area contributed by atoms with Crippen LogP contribution in [0.5, 0.6) is 11.5 Å². The van der Waals surface area contributed by atoms with Crippen LogP contribution in [0.2, 0.25) is 0 Å². The SMILES string of the molecule is CCN(CC)c1ccc2[nH]c(-c3cccc(OCCCCOc4cccc(-c5nc6cc(N(CC)CC)ccc6[nH]5)c4)c3)nc2c1. The second-order valence-corrected chi connectivity index (χ2v) is 11.4. The van der Waals surface area contributed by atoms with Crippen LogP contribution < -0.4 is 19.3 Å². The first-order valence-corrected chi connectivity index (χ1v) is 16.5. The van der Waals surface area contributed by atoms with Crippen LogP contribution in [0.4, 0.5) is 11.4 Å². The van der Waals surface area contributed by atoms with Gasteiger partial charge in [0.25, 0.3) is 0 Å². The average Bonchev–Trinajstić information content (AvgIpc) is 3.72. The summed E-state index contributed by atoms with van der Waals surface area (Å²) in [5.41, 5.74) is 8.41. The van der Waals surface area contributed by atoms with E-state index in [4.69, 9.17) is 19.4 Å². The lowest BCUT2D eigenvalue weighted by molar-refractivity contribution is 0.266. The fourth-order valence-electron chi connectivity index (χ4n) is 5.88. The number of aromatic nitrogens is 4. The summed E-state index contributed by atoms with van der Waals surface area (Å²) in [6.45, 7) is 13.8. The van der Waals surface area contributed by atoms with Crippen molar-refractivity contribution in [2.75, 3.05) is 49.2 Å². The first-order chi connectivity index (χ1) is 22.6. The van der Waals surface area contributed by atoms with Gasteiger partial charge in [0.1, 0.15) is 23.1 Å². The van der Waals surface area contributed by atoms with Crippen molar-refractivity contribution in [3.63, 3.8) is 0 Å². The van der Waals surface area contributed by atoms with E-state index in [0.717, 1.165) is 95.4 Å². The predicted octanol–water partition coefficient (Wildman–Crippen LogP) is 8.70. The van der Waals surface area contributed by atoms with E-state index in [1.54, 1.807) is 0 Å². The molecule has 0 spiro atoms. The first-order valence-electron chi connectivity index (χ1n) is 16.5. The molecule has 8 heteroatoms. The van der Waals surface area contributed by atoms with Gasteiger partial charge in [-0.25, -0.2) is 9.97 Å². The Balaban J connectivity index is 1.000. The first kappa shape index (κ1) is 31.0. The Morgan fingerprint density at radius 2 is 0.978 bits per heavy atom. The van der Waals surface area contributed by atoms with Crippen molar-refractivity contribution in [1.29, 1.82) is 0 Å². The molecule has 0 radical (unpaired) electrons. The Morgan fingerprint density at radius 1 is 0.543 bits per heavy atom. The highest BCUT2D eigenvalue weighted by atomic mass is 16.5. The van der Waals surface area contributed by atoms with E-state index in [0.29, 0.717) is 13.2 Å². The van der Waals surface area contributed by atoms with Gasteiger partial charge in [0, 0.05) is 48.7 Å². The molecule has 0 saturated carbocycles. The van der Waals surface area contributed by atoms with Crippen LogP contribution in [0.3, 0.4) is 0 Å². The summed E-state index contributed by atoms with van der Waals surface area (Å²) in [5, 5.41) is 0. The smallest absolute Gasteiger partial charge is 0.138 e. The van der Waals surface area contributed by atoms with Crippen LogP contribution in [-0.2, 0) is 0 Å². The highest BCUT2D eigenvalue weighted by molar-refractivity contribution is 5.84. The number of aromatic amines is 2. The standard InChI is InChI=1S/C38H44N6O2/c1-5-43(6-2)29-17-19-33-35(25-29)41-37(39-33)27-13-11-15-31(23-27)45-21-9-10-22-46-32-16-12-14-28(24-32)38-40-34-20-18-30(26-36(34)42-38)44(7-3)8-4/h11-20,23-26H,5-10,21-22H2,1-4H3,(H,39,41)(H,40,42).